The summed E-state index contributed by atoms with van der Waals surface area (Å²) in [6.07, 6.45) is 4.04. The zero-order valence-corrected chi connectivity index (χ0v) is 13.4. The Kier molecular flexibility index (Phi) is 5.86. The van der Waals surface area contributed by atoms with Crippen LogP contribution >= 0.6 is 0 Å². The first-order valence-electron chi connectivity index (χ1n) is 7.68. The molecule has 23 heavy (non-hydrogen) atoms. The highest BCUT2D eigenvalue weighted by atomic mass is 16.2. The van der Waals surface area contributed by atoms with E-state index in [9.17, 15) is 9.59 Å². The van der Waals surface area contributed by atoms with E-state index in [-0.39, 0.29) is 17.9 Å². The number of rotatable bonds is 6. The maximum atomic E-state index is 12.0. The molecule has 2 amide bonds. The number of benzene rings is 1. The summed E-state index contributed by atoms with van der Waals surface area (Å²) < 4.78 is 0. The van der Waals surface area contributed by atoms with Crippen LogP contribution in [0.2, 0.25) is 0 Å². The van der Waals surface area contributed by atoms with Gasteiger partial charge in [-0.3, -0.25) is 14.6 Å². The molecule has 2 N–H and O–H groups in total. The van der Waals surface area contributed by atoms with E-state index in [4.69, 9.17) is 0 Å². The monoisotopic (exact) mass is 311 g/mol. The van der Waals surface area contributed by atoms with Crippen molar-refractivity contribution in [2.75, 3.05) is 0 Å². The van der Waals surface area contributed by atoms with Gasteiger partial charge in [0, 0.05) is 30.5 Å². The highest BCUT2D eigenvalue weighted by Crippen LogP contribution is 2.06. The molecule has 0 bridgehead atoms. The molecule has 120 valence electrons. The van der Waals surface area contributed by atoms with Crippen LogP contribution in [0, 0.1) is 0 Å². The van der Waals surface area contributed by atoms with Crippen LogP contribution in [0.4, 0.5) is 0 Å². The van der Waals surface area contributed by atoms with Crippen molar-refractivity contribution < 1.29 is 9.59 Å². The third-order valence-corrected chi connectivity index (χ3v) is 3.58. The molecule has 0 saturated carbocycles. The minimum atomic E-state index is -0.170. The predicted molar refractivity (Wildman–Crippen MR) is 89.1 cm³/mol. The Morgan fingerprint density at radius 1 is 1.09 bits per heavy atom. The first-order chi connectivity index (χ1) is 11.1. The normalized spacial score (nSPS) is 11.6. The van der Waals surface area contributed by atoms with Gasteiger partial charge in [0.1, 0.15) is 0 Å². The van der Waals surface area contributed by atoms with Gasteiger partial charge in [-0.2, -0.15) is 0 Å². The fraction of sp³-hybridized carbons (Fsp3) is 0.278. The molecule has 5 heteroatoms. The van der Waals surface area contributed by atoms with Gasteiger partial charge in [-0.25, -0.2) is 0 Å². The molecule has 0 radical (unpaired) electrons. The first kappa shape index (κ1) is 16.7. The SMILES string of the molecule is CCC(C)NC(=O)c1ccc(CNC(=O)c2cccnc2)cc1. The molecule has 5 nitrogen and oxygen atoms in total. The summed E-state index contributed by atoms with van der Waals surface area (Å²) in [5.74, 6) is -0.248. The van der Waals surface area contributed by atoms with Gasteiger partial charge in [-0.05, 0) is 43.2 Å². The van der Waals surface area contributed by atoms with Crippen LogP contribution in [0.15, 0.2) is 48.8 Å². The fourth-order valence-electron chi connectivity index (χ4n) is 1.96. The van der Waals surface area contributed by atoms with Gasteiger partial charge >= 0.3 is 0 Å². The Hall–Kier alpha value is -2.69. The number of pyridine rings is 1. The van der Waals surface area contributed by atoms with E-state index in [1.54, 1.807) is 30.5 Å². The van der Waals surface area contributed by atoms with Crippen molar-refractivity contribution in [3.8, 4) is 0 Å². The van der Waals surface area contributed by atoms with Crippen LogP contribution in [-0.4, -0.2) is 22.8 Å². The smallest absolute Gasteiger partial charge is 0.253 e. The van der Waals surface area contributed by atoms with Crippen LogP contribution < -0.4 is 10.6 Å². The molecule has 2 rings (SSSR count). The molecule has 1 aromatic carbocycles. The molecule has 1 aromatic heterocycles. The lowest BCUT2D eigenvalue weighted by molar-refractivity contribution is 0.0934. The highest BCUT2D eigenvalue weighted by molar-refractivity contribution is 5.94. The number of nitrogens with zero attached hydrogens (tertiary/aromatic N) is 1. The third kappa shape index (κ3) is 4.92. The lowest BCUT2D eigenvalue weighted by atomic mass is 10.1. The topological polar surface area (TPSA) is 71.1 Å². The molecule has 2 aromatic rings. The van der Waals surface area contributed by atoms with E-state index < -0.39 is 0 Å². The largest absolute Gasteiger partial charge is 0.350 e. The number of hydrogen-bond donors (Lipinski definition) is 2. The van der Waals surface area contributed by atoms with Gasteiger partial charge in [-0.15, -0.1) is 0 Å². The molecule has 0 aliphatic rings. The second kappa shape index (κ2) is 8.08. The summed E-state index contributed by atoms with van der Waals surface area (Å²) in [6, 6.07) is 10.8. The highest BCUT2D eigenvalue weighted by Gasteiger charge is 2.09. The van der Waals surface area contributed by atoms with Crippen LogP contribution in [0.3, 0.4) is 0 Å². The van der Waals surface area contributed by atoms with Gasteiger partial charge in [0.05, 0.1) is 5.56 Å². The molecule has 0 aliphatic heterocycles. The molecule has 1 unspecified atom stereocenters. The molecular weight excluding hydrogens is 290 g/mol. The lowest BCUT2D eigenvalue weighted by Crippen LogP contribution is -2.31. The molecule has 0 spiro atoms. The third-order valence-electron chi connectivity index (χ3n) is 3.58. The van der Waals surface area contributed by atoms with Crippen molar-refractivity contribution in [3.63, 3.8) is 0 Å². The number of amides is 2. The van der Waals surface area contributed by atoms with E-state index in [0.717, 1.165) is 12.0 Å². The summed E-state index contributed by atoms with van der Waals surface area (Å²) in [5.41, 5.74) is 2.08. The number of hydrogen-bond acceptors (Lipinski definition) is 3. The lowest BCUT2D eigenvalue weighted by Gasteiger charge is -2.11. The van der Waals surface area contributed by atoms with E-state index in [1.807, 2.05) is 26.0 Å². The van der Waals surface area contributed by atoms with Crippen LogP contribution in [0.5, 0.6) is 0 Å². The summed E-state index contributed by atoms with van der Waals surface area (Å²) in [4.78, 5) is 27.8. The zero-order valence-electron chi connectivity index (χ0n) is 13.4. The van der Waals surface area contributed by atoms with Crippen LogP contribution in [0.25, 0.3) is 0 Å². The maximum absolute atomic E-state index is 12.0. The van der Waals surface area contributed by atoms with Crippen LogP contribution in [0.1, 0.15) is 46.5 Å². The number of aromatic nitrogens is 1. The average Bonchev–Trinajstić information content (AvgIpc) is 2.60. The van der Waals surface area contributed by atoms with E-state index in [2.05, 4.69) is 15.6 Å². The van der Waals surface area contributed by atoms with Gasteiger partial charge in [0.25, 0.3) is 11.8 Å². The van der Waals surface area contributed by atoms with Crippen LogP contribution in [-0.2, 0) is 6.54 Å². The molecule has 0 saturated heterocycles. The molecule has 1 heterocycles. The Bertz CT molecular complexity index is 654. The van der Waals surface area contributed by atoms with E-state index in [1.165, 1.54) is 6.20 Å². The molecule has 0 aliphatic carbocycles. The first-order valence-corrected chi connectivity index (χ1v) is 7.68. The van der Waals surface area contributed by atoms with Crippen molar-refractivity contribution in [2.45, 2.75) is 32.9 Å². The quantitative estimate of drug-likeness (QED) is 0.861. The Labute approximate surface area is 136 Å². The predicted octanol–water partition coefficient (Wildman–Crippen LogP) is 2.54. The Balaban J connectivity index is 1.90. The standard InChI is InChI=1S/C18H21N3O2/c1-3-13(2)21-18(23)15-8-6-14(7-9-15)11-20-17(22)16-5-4-10-19-12-16/h4-10,12-13H,3,11H2,1-2H3,(H,20,22)(H,21,23). The number of carbonyl (C=O) groups excluding carboxylic acids is 2. The summed E-state index contributed by atoms with van der Waals surface area (Å²) in [5, 5.41) is 5.75. The summed E-state index contributed by atoms with van der Waals surface area (Å²) in [6.45, 7) is 4.40. The van der Waals surface area contributed by atoms with Gasteiger partial charge in [0.15, 0.2) is 0 Å². The van der Waals surface area contributed by atoms with Crippen molar-refractivity contribution in [2.24, 2.45) is 0 Å². The zero-order chi connectivity index (χ0) is 16.7. The second-order valence-corrected chi connectivity index (χ2v) is 5.40. The van der Waals surface area contributed by atoms with Gasteiger partial charge in [-0.1, -0.05) is 19.1 Å². The van der Waals surface area contributed by atoms with Gasteiger partial charge in [0.2, 0.25) is 0 Å². The minimum Gasteiger partial charge on any atom is -0.350 e. The van der Waals surface area contributed by atoms with Crippen molar-refractivity contribution in [1.82, 2.24) is 15.6 Å². The summed E-state index contributed by atoms with van der Waals surface area (Å²) in [7, 11) is 0. The Morgan fingerprint density at radius 2 is 1.83 bits per heavy atom. The maximum Gasteiger partial charge on any atom is 0.253 e. The van der Waals surface area contributed by atoms with E-state index in [0.29, 0.717) is 17.7 Å². The minimum absolute atomic E-state index is 0.0784. The van der Waals surface area contributed by atoms with Crippen molar-refractivity contribution >= 4 is 11.8 Å². The number of nitrogens with one attached hydrogen (secondary N) is 2. The summed E-state index contributed by atoms with van der Waals surface area (Å²) >= 11 is 0. The average molecular weight is 311 g/mol. The Morgan fingerprint density at radius 3 is 2.43 bits per heavy atom. The second-order valence-electron chi connectivity index (χ2n) is 5.40. The fourth-order valence-corrected chi connectivity index (χ4v) is 1.96. The van der Waals surface area contributed by atoms with Gasteiger partial charge < -0.3 is 10.6 Å². The van der Waals surface area contributed by atoms with Crippen molar-refractivity contribution in [1.29, 1.82) is 0 Å². The molecule has 0 fully saturated rings. The molecule has 1 atom stereocenters. The molecular formula is C18H21N3O2. The van der Waals surface area contributed by atoms with E-state index >= 15 is 0 Å². The number of carbonyl (C=O) groups is 2. The van der Waals surface area contributed by atoms with Crippen molar-refractivity contribution in [3.05, 3.63) is 65.5 Å².